The van der Waals surface area contributed by atoms with Crippen molar-refractivity contribution in [2.75, 3.05) is 0 Å². The van der Waals surface area contributed by atoms with Crippen molar-refractivity contribution in [3.05, 3.63) is 71.9 Å². The summed E-state index contributed by atoms with van der Waals surface area (Å²) in [7, 11) is 0. The molecule has 2 aromatic carbocycles. The highest BCUT2D eigenvalue weighted by atomic mass is 16.4. The standard InChI is InChI=1S/C22H23N3O5/c26-20(27)11-18(24-13-15-12-23-17-9-5-4-8-16(15)17)21(28)25-19(22(29)30)10-14-6-2-1-3-7-14/h1-9,12,18-19,23-24H,10-11,13H2,(H,25,28)(H,26,27)(H,29,30)/t18-,19-/m0/s1. The third-order valence-corrected chi connectivity index (χ3v) is 4.81. The van der Waals surface area contributed by atoms with Crippen molar-refractivity contribution in [3.63, 3.8) is 0 Å². The van der Waals surface area contributed by atoms with Crippen LogP contribution in [0.2, 0.25) is 0 Å². The van der Waals surface area contributed by atoms with Crippen LogP contribution in [0.25, 0.3) is 10.9 Å². The summed E-state index contributed by atoms with van der Waals surface area (Å²) >= 11 is 0. The molecule has 2 atom stereocenters. The SMILES string of the molecule is O=C(O)C[C@H](NCc1c[nH]c2ccccc12)C(=O)N[C@@H](Cc1ccccc1)C(=O)O. The fourth-order valence-electron chi connectivity index (χ4n) is 3.27. The van der Waals surface area contributed by atoms with E-state index >= 15 is 0 Å². The van der Waals surface area contributed by atoms with Gasteiger partial charge < -0.3 is 25.8 Å². The van der Waals surface area contributed by atoms with Crippen molar-refractivity contribution in [1.82, 2.24) is 15.6 Å². The molecular weight excluding hydrogens is 386 g/mol. The number of aromatic nitrogens is 1. The van der Waals surface area contributed by atoms with E-state index in [0.717, 1.165) is 22.0 Å². The number of carbonyl (C=O) groups is 3. The molecule has 1 aromatic heterocycles. The Labute approximate surface area is 172 Å². The van der Waals surface area contributed by atoms with Gasteiger partial charge in [0, 0.05) is 30.1 Å². The van der Waals surface area contributed by atoms with Crippen LogP contribution in [0.3, 0.4) is 0 Å². The van der Waals surface area contributed by atoms with Crippen LogP contribution in [-0.4, -0.2) is 45.1 Å². The Morgan fingerprint density at radius 1 is 0.933 bits per heavy atom. The molecule has 1 heterocycles. The van der Waals surface area contributed by atoms with E-state index < -0.39 is 36.4 Å². The van der Waals surface area contributed by atoms with Gasteiger partial charge in [-0.3, -0.25) is 9.59 Å². The Morgan fingerprint density at radius 2 is 1.63 bits per heavy atom. The number of benzene rings is 2. The van der Waals surface area contributed by atoms with E-state index in [-0.39, 0.29) is 13.0 Å². The normalized spacial score (nSPS) is 12.9. The first-order valence-corrected chi connectivity index (χ1v) is 9.51. The molecule has 0 aliphatic heterocycles. The van der Waals surface area contributed by atoms with Crippen LogP contribution < -0.4 is 10.6 Å². The number of carbonyl (C=O) groups excluding carboxylic acids is 1. The summed E-state index contributed by atoms with van der Waals surface area (Å²) in [6.45, 7) is 0.256. The number of aliphatic carboxylic acids is 2. The van der Waals surface area contributed by atoms with E-state index in [1.807, 2.05) is 30.3 Å². The molecule has 0 spiro atoms. The highest BCUT2D eigenvalue weighted by Gasteiger charge is 2.27. The number of aromatic amines is 1. The van der Waals surface area contributed by atoms with Crippen molar-refractivity contribution in [1.29, 1.82) is 0 Å². The molecule has 1 amide bonds. The lowest BCUT2D eigenvalue weighted by atomic mass is 10.0. The summed E-state index contributed by atoms with van der Waals surface area (Å²) in [5.74, 6) is -3.00. The first-order valence-electron chi connectivity index (χ1n) is 9.51. The molecule has 0 radical (unpaired) electrons. The molecule has 0 unspecified atom stereocenters. The zero-order valence-corrected chi connectivity index (χ0v) is 16.2. The van der Waals surface area contributed by atoms with Gasteiger partial charge in [0.15, 0.2) is 0 Å². The second-order valence-corrected chi connectivity index (χ2v) is 6.98. The van der Waals surface area contributed by atoms with Gasteiger partial charge in [-0.15, -0.1) is 0 Å². The average molecular weight is 409 g/mol. The lowest BCUT2D eigenvalue weighted by Crippen LogP contribution is -2.51. The zero-order chi connectivity index (χ0) is 21.5. The van der Waals surface area contributed by atoms with Crippen molar-refractivity contribution >= 4 is 28.7 Å². The van der Waals surface area contributed by atoms with Gasteiger partial charge in [-0.25, -0.2) is 4.79 Å². The summed E-state index contributed by atoms with van der Waals surface area (Å²) in [5.41, 5.74) is 2.57. The molecule has 30 heavy (non-hydrogen) atoms. The summed E-state index contributed by atoms with van der Waals surface area (Å²) in [5, 5.41) is 25.1. The van der Waals surface area contributed by atoms with Crippen LogP contribution >= 0.6 is 0 Å². The van der Waals surface area contributed by atoms with Crippen LogP contribution in [0.4, 0.5) is 0 Å². The number of rotatable bonds is 10. The molecule has 8 nitrogen and oxygen atoms in total. The zero-order valence-electron chi connectivity index (χ0n) is 16.2. The van der Waals surface area contributed by atoms with E-state index in [0.29, 0.717) is 0 Å². The van der Waals surface area contributed by atoms with E-state index in [1.165, 1.54) is 0 Å². The van der Waals surface area contributed by atoms with Crippen LogP contribution in [0.1, 0.15) is 17.5 Å². The number of nitrogens with one attached hydrogen (secondary N) is 3. The monoisotopic (exact) mass is 409 g/mol. The van der Waals surface area contributed by atoms with Gasteiger partial charge >= 0.3 is 11.9 Å². The second-order valence-electron chi connectivity index (χ2n) is 6.98. The number of carboxylic acids is 2. The van der Waals surface area contributed by atoms with Crippen LogP contribution in [0, 0.1) is 0 Å². The Balaban J connectivity index is 1.69. The maximum absolute atomic E-state index is 12.7. The van der Waals surface area contributed by atoms with Gasteiger partial charge in [0.25, 0.3) is 0 Å². The summed E-state index contributed by atoms with van der Waals surface area (Å²) in [6.07, 6.45) is 1.43. The van der Waals surface area contributed by atoms with E-state index in [1.54, 1.807) is 30.5 Å². The second kappa shape index (κ2) is 9.71. The highest BCUT2D eigenvalue weighted by Crippen LogP contribution is 2.17. The quantitative estimate of drug-likeness (QED) is 0.348. The number of H-pyrrole nitrogens is 1. The molecular formula is C22H23N3O5. The van der Waals surface area contributed by atoms with E-state index in [2.05, 4.69) is 15.6 Å². The van der Waals surface area contributed by atoms with Crippen molar-refractivity contribution < 1.29 is 24.6 Å². The molecule has 0 saturated heterocycles. The molecule has 0 bridgehead atoms. The Bertz CT molecular complexity index is 1030. The molecule has 0 aliphatic rings. The predicted octanol–water partition coefficient (Wildman–Crippen LogP) is 1.91. The lowest BCUT2D eigenvalue weighted by molar-refractivity contribution is -0.143. The number of hydrogen-bond acceptors (Lipinski definition) is 4. The summed E-state index contributed by atoms with van der Waals surface area (Å²) in [4.78, 5) is 38.7. The first kappa shape index (κ1) is 21.1. The molecule has 0 aliphatic carbocycles. The average Bonchev–Trinajstić information content (AvgIpc) is 3.14. The molecule has 3 rings (SSSR count). The Morgan fingerprint density at radius 3 is 2.33 bits per heavy atom. The van der Waals surface area contributed by atoms with Gasteiger partial charge in [-0.05, 0) is 17.2 Å². The third-order valence-electron chi connectivity index (χ3n) is 4.81. The summed E-state index contributed by atoms with van der Waals surface area (Å²) in [6, 6.07) is 14.3. The van der Waals surface area contributed by atoms with Crippen molar-refractivity contribution in [2.45, 2.75) is 31.5 Å². The smallest absolute Gasteiger partial charge is 0.326 e. The molecule has 0 saturated carbocycles. The van der Waals surface area contributed by atoms with Gasteiger partial charge in [-0.2, -0.15) is 0 Å². The Kier molecular flexibility index (Phi) is 6.82. The van der Waals surface area contributed by atoms with E-state index in [4.69, 9.17) is 0 Å². The van der Waals surface area contributed by atoms with Gasteiger partial charge in [0.2, 0.25) is 5.91 Å². The maximum Gasteiger partial charge on any atom is 0.326 e. The molecule has 8 heteroatoms. The number of carboxylic acid groups (broad SMARTS) is 2. The minimum atomic E-state index is -1.18. The van der Waals surface area contributed by atoms with Crippen LogP contribution in [-0.2, 0) is 27.3 Å². The fourth-order valence-corrected chi connectivity index (χ4v) is 3.27. The third kappa shape index (κ3) is 5.45. The first-order chi connectivity index (χ1) is 14.4. The van der Waals surface area contributed by atoms with Crippen molar-refractivity contribution in [2.24, 2.45) is 0 Å². The highest BCUT2D eigenvalue weighted by molar-refractivity contribution is 5.90. The van der Waals surface area contributed by atoms with Crippen LogP contribution in [0.5, 0.6) is 0 Å². The van der Waals surface area contributed by atoms with Gasteiger partial charge in [0.1, 0.15) is 6.04 Å². The molecule has 156 valence electrons. The lowest BCUT2D eigenvalue weighted by Gasteiger charge is -2.20. The number of fused-ring (bicyclic) bond motifs is 1. The molecule has 0 fully saturated rings. The predicted molar refractivity (Wildman–Crippen MR) is 111 cm³/mol. The topological polar surface area (TPSA) is 132 Å². The number of hydrogen-bond donors (Lipinski definition) is 5. The van der Waals surface area contributed by atoms with Gasteiger partial charge in [-0.1, -0.05) is 48.5 Å². The molecule has 5 N–H and O–H groups in total. The fraction of sp³-hybridized carbons (Fsp3) is 0.227. The van der Waals surface area contributed by atoms with Crippen LogP contribution in [0.15, 0.2) is 60.8 Å². The molecule has 3 aromatic rings. The number of amides is 1. The number of para-hydroxylation sites is 1. The Hall–Kier alpha value is -3.65. The largest absolute Gasteiger partial charge is 0.481 e. The minimum Gasteiger partial charge on any atom is -0.481 e. The van der Waals surface area contributed by atoms with Crippen molar-refractivity contribution in [3.8, 4) is 0 Å². The maximum atomic E-state index is 12.7. The minimum absolute atomic E-state index is 0.101. The van der Waals surface area contributed by atoms with E-state index in [9.17, 15) is 24.6 Å². The summed E-state index contributed by atoms with van der Waals surface area (Å²) < 4.78 is 0. The van der Waals surface area contributed by atoms with Gasteiger partial charge in [0.05, 0.1) is 12.5 Å².